The zero-order chi connectivity index (χ0) is 56.5. The van der Waals surface area contributed by atoms with Crippen molar-refractivity contribution in [3.63, 3.8) is 0 Å². The maximum Gasteiger partial charge on any atom is 1.00 e. The summed E-state index contributed by atoms with van der Waals surface area (Å²) in [5, 5.41) is 60.1. The minimum atomic E-state index is -4.01. The van der Waals surface area contributed by atoms with E-state index in [0.29, 0.717) is 89.9 Å². The van der Waals surface area contributed by atoms with Crippen LogP contribution in [0.1, 0.15) is 177 Å². The van der Waals surface area contributed by atoms with Crippen LogP contribution in [0.3, 0.4) is 0 Å². The van der Waals surface area contributed by atoms with E-state index in [1.807, 2.05) is 20.8 Å². The zero-order valence-corrected chi connectivity index (χ0v) is 56.6. The fraction of sp³-hybridized carbons (Fsp3) is 0.855. The van der Waals surface area contributed by atoms with E-state index >= 15 is 0 Å². The number of nitriles is 1. The van der Waals surface area contributed by atoms with Crippen LogP contribution in [-0.4, -0.2) is 123 Å². The molecule has 0 amide bonds. The van der Waals surface area contributed by atoms with Gasteiger partial charge in [-0.3, -0.25) is 9.98 Å². The fourth-order valence-electron chi connectivity index (χ4n) is 15.8. The average Bonchev–Trinajstić information content (AvgIpc) is 4.07. The Bertz CT molecular complexity index is 2750. The number of nitrogens with two attached hydrogens (primary N) is 1. The van der Waals surface area contributed by atoms with Gasteiger partial charge in [0.15, 0.2) is 16.2 Å². The number of primary sulfonamides is 1. The van der Waals surface area contributed by atoms with Gasteiger partial charge in [0.1, 0.15) is 11.6 Å². The number of carbonyl (C=O) groups is 2. The van der Waals surface area contributed by atoms with E-state index in [2.05, 4.69) is 69.5 Å². The minimum absolute atomic E-state index is 0. The second-order valence-electron chi connectivity index (χ2n) is 26.7. The summed E-state index contributed by atoms with van der Waals surface area (Å²) in [7, 11) is -7.68. The van der Waals surface area contributed by atoms with Gasteiger partial charge >= 0.3 is 59.1 Å². The number of nitrogens with one attached hydrogen (secondary N) is 2. The van der Waals surface area contributed by atoms with Crippen molar-refractivity contribution in [1.29, 1.82) is 5.26 Å². The molecule has 6 aliphatic carbocycles. The standard InChI is InChI=1S/C55H87N11O8S4.2Na/c1-27-15-29(3)46(30(4)16-27)58-43-23-37(65(48-32(6)17-28(2)18-33(48)7)53-59-41-13-11-38(77(57,71)72)24-44(41)75-53)19-31(5)47(43)61-62-50-40(26-56)49(55(8,9)10)63-66(50)54-60-42-14-12-39(25-45(42)76-54)78(73,74)64-36-21-34(51(67)68)20-35(22-36)52(69)70;;/h27-39,41-48,58,64H,11-25H2,1-10H3,(H,67,68)(H,69,70)(H2,57,71,72);;/q;2*+1/p-2. The van der Waals surface area contributed by atoms with Crippen molar-refractivity contribution in [3.8, 4) is 6.07 Å². The maximum absolute atomic E-state index is 14.0. The van der Waals surface area contributed by atoms with Crippen LogP contribution in [0.5, 0.6) is 0 Å². The number of azo groups is 1. The van der Waals surface area contributed by atoms with Crippen molar-refractivity contribution in [2.75, 3.05) is 0 Å². The Morgan fingerprint density at radius 3 is 1.85 bits per heavy atom. The number of carbonyl (C=O) groups excluding carboxylic acids is 2. The van der Waals surface area contributed by atoms with Crippen LogP contribution in [0.15, 0.2) is 20.2 Å². The SMILES string of the molecule is CC1CC(C)C(NC2CC(N(C3=NC4CCC(S(N)(=O)=O)CC4S3)C3C(C)CC(C)CC3C)CC(C)C2N=Nc2c(C#N)c(C(C)(C)C)nn2C2=NC3CCC(S(=O)(=O)NC4CC(C(=O)[O-])CC(C(=O)[O-])C4)CC3S2)C(C)C1.[Na+].[Na+]. The number of aliphatic carboxylic acids is 2. The Kier molecular flexibility index (Phi) is 22.0. The van der Waals surface area contributed by atoms with Crippen molar-refractivity contribution < 1.29 is 95.8 Å². The molecule has 0 saturated heterocycles. The van der Waals surface area contributed by atoms with Crippen molar-refractivity contribution in [2.45, 2.75) is 240 Å². The van der Waals surface area contributed by atoms with Gasteiger partial charge in [-0.05, 0) is 138 Å². The summed E-state index contributed by atoms with van der Waals surface area (Å²) in [6, 6.07) is 1.61. The number of aliphatic imine (C=N–C) groups is 2. The molecule has 3 heterocycles. The van der Waals surface area contributed by atoms with E-state index in [1.54, 1.807) is 16.4 Å². The predicted octanol–water partition coefficient (Wildman–Crippen LogP) is -0.162. The summed E-state index contributed by atoms with van der Waals surface area (Å²) in [5.74, 6) is -1.77. The van der Waals surface area contributed by atoms with Crippen molar-refractivity contribution in [2.24, 2.45) is 78.6 Å². The molecular formula is C55H85N11Na2O8S4. The molecule has 2 aliphatic heterocycles. The van der Waals surface area contributed by atoms with Gasteiger partial charge in [0.25, 0.3) is 0 Å². The van der Waals surface area contributed by atoms with E-state index < -0.39 is 65.8 Å². The molecule has 80 heavy (non-hydrogen) atoms. The quantitative estimate of drug-likeness (QED) is 0.181. The predicted molar refractivity (Wildman–Crippen MR) is 302 cm³/mol. The summed E-state index contributed by atoms with van der Waals surface area (Å²) >= 11 is 3.18. The number of nitrogens with zero attached hydrogens (tertiary/aromatic N) is 8. The topological polar surface area (TPSA) is 293 Å². The van der Waals surface area contributed by atoms with Crippen LogP contribution in [0, 0.1) is 64.6 Å². The third kappa shape index (κ3) is 14.5. The molecule has 6 fully saturated rings. The normalized spacial score (nSPS) is 39.6. The Morgan fingerprint density at radius 1 is 0.738 bits per heavy atom. The third-order valence-electron chi connectivity index (χ3n) is 19.2. The van der Waals surface area contributed by atoms with Gasteiger partial charge in [-0.15, -0.1) is 5.11 Å². The molecule has 6 saturated carbocycles. The zero-order valence-electron chi connectivity index (χ0n) is 49.3. The van der Waals surface area contributed by atoms with E-state index in [0.717, 1.165) is 43.7 Å². The van der Waals surface area contributed by atoms with Crippen LogP contribution in [0.2, 0.25) is 0 Å². The van der Waals surface area contributed by atoms with E-state index in [1.165, 1.54) is 11.8 Å². The second kappa shape index (κ2) is 26.5. The first-order chi connectivity index (χ1) is 36.6. The molecule has 0 bridgehead atoms. The van der Waals surface area contributed by atoms with E-state index in [9.17, 15) is 41.9 Å². The van der Waals surface area contributed by atoms with Gasteiger partial charge in [-0.2, -0.15) is 20.2 Å². The first-order valence-electron chi connectivity index (χ1n) is 29.0. The smallest absolute Gasteiger partial charge is 0.550 e. The summed E-state index contributed by atoms with van der Waals surface area (Å²) in [4.78, 5) is 37.0. The maximum atomic E-state index is 14.0. The molecule has 1 aromatic rings. The summed E-state index contributed by atoms with van der Waals surface area (Å²) in [5.41, 5.74) is 0.304. The van der Waals surface area contributed by atoms with Gasteiger partial charge in [0.2, 0.25) is 20.0 Å². The molecule has 0 spiro atoms. The molecule has 434 valence electrons. The van der Waals surface area contributed by atoms with Crippen LogP contribution in [0.4, 0.5) is 5.82 Å². The molecule has 8 aliphatic rings. The van der Waals surface area contributed by atoms with Crippen molar-refractivity contribution >= 4 is 71.7 Å². The minimum Gasteiger partial charge on any atom is -0.550 e. The molecule has 0 radical (unpaired) electrons. The number of hydrogen-bond donors (Lipinski definition) is 3. The van der Waals surface area contributed by atoms with Crippen LogP contribution < -0.4 is 84.5 Å². The van der Waals surface area contributed by atoms with Gasteiger partial charge in [-0.1, -0.05) is 92.8 Å². The average molecular weight is 1200 g/mol. The Balaban J connectivity index is 0.00000462. The number of aromatic nitrogens is 2. The fourth-order valence-corrected chi connectivity index (χ4v) is 21.7. The van der Waals surface area contributed by atoms with Crippen LogP contribution in [-0.2, 0) is 35.1 Å². The molecule has 1 aromatic heterocycles. The molecule has 16 unspecified atom stereocenters. The van der Waals surface area contributed by atoms with Crippen LogP contribution >= 0.6 is 23.5 Å². The van der Waals surface area contributed by atoms with Crippen molar-refractivity contribution in [1.82, 2.24) is 24.7 Å². The van der Waals surface area contributed by atoms with Gasteiger partial charge < -0.3 is 30.0 Å². The number of amidine groups is 1. The van der Waals surface area contributed by atoms with E-state index in [4.69, 9.17) is 30.5 Å². The van der Waals surface area contributed by atoms with Crippen molar-refractivity contribution in [3.05, 3.63) is 11.3 Å². The largest absolute Gasteiger partial charge is 1.00 e. The number of sulfonamides is 2. The third-order valence-corrected chi connectivity index (χ3v) is 25.2. The van der Waals surface area contributed by atoms with Crippen LogP contribution in [0.25, 0.3) is 0 Å². The molecule has 9 rings (SSSR count). The first-order valence-corrected chi connectivity index (χ1v) is 33.9. The monoisotopic (exact) mass is 1200 g/mol. The Labute approximate surface area is 528 Å². The molecule has 19 nitrogen and oxygen atoms in total. The van der Waals surface area contributed by atoms with Gasteiger partial charge in [-0.25, -0.2) is 26.7 Å². The summed E-state index contributed by atoms with van der Waals surface area (Å²) < 4.78 is 57.6. The first kappa shape index (κ1) is 66.4. The van der Waals surface area contributed by atoms with Gasteiger partial charge in [0, 0.05) is 69.9 Å². The number of carboxylic acids is 2. The number of thioether (sulfide) groups is 2. The number of carboxylic acid groups (broad SMARTS) is 2. The van der Waals surface area contributed by atoms with Gasteiger partial charge in [0.05, 0.1) is 34.3 Å². The Hall–Kier alpha value is -1.14. The molecule has 25 heteroatoms. The number of rotatable bonds is 12. The number of hydrogen-bond acceptors (Lipinski definition) is 18. The Morgan fingerprint density at radius 2 is 1.29 bits per heavy atom. The summed E-state index contributed by atoms with van der Waals surface area (Å²) in [6.07, 6.45) is 8.55. The second-order valence-corrected chi connectivity index (χ2v) is 33.0. The molecule has 4 N–H and O–H groups in total. The summed E-state index contributed by atoms with van der Waals surface area (Å²) in [6.45, 7) is 22.5. The number of fused-ring (bicyclic) bond motifs is 2. The van der Waals surface area contributed by atoms with E-state index in [-0.39, 0.29) is 144 Å². The molecule has 0 aromatic carbocycles. The molecular weight excluding hydrogens is 1120 g/mol. The molecule has 16 atom stereocenters.